The molecular weight excluding hydrogens is 186 g/mol. The molecule has 0 bridgehead atoms. The Balaban J connectivity index is 4.46. The minimum absolute atomic E-state index is 0.0319. The quantitative estimate of drug-likeness (QED) is 0.565. The first kappa shape index (κ1) is 13.4. The molecule has 0 aromatic heterocycles. The molecule has 84 valence electrons. The maximum Gasteiger partial charge on any atom is 0.336 e. The fourth-order valence-electron chi connectivity index (χ4n) is 0.864. The highest BCUT2D eigenvalue weighted by atomic mass is 16.4. The molecule has 0 fully saturated rings. The Labute approximate surface area is 84.0 Å². The van der Waals surface area contributed by atoms with E-state index in [2.05, 4.69) is 0 Å². The van der Waals surface area contributed by atoms with Gasteiger partial charge in [0.05, 0.1) is 6.61 Å². The summed E-state index contributed by atoms with van der Waals surface area (Å²) in [5, 5.41) is 27.2. The van der Waals surface area contributed by atoms with Crippen molar-refractivity contribution in [2.24, 2.45) is 0 Å². The molecule has 1 atom stereocenters. The van der Waals surface area contributed by atoms with Gasteiger partial charge in [-0.25, -0.2) is 4.79 Å². The number of aliphatic hydroxyl groups is 2. The van der Waals surface area contributed by atoms with Gasteiger partial charge in [0.1, 0.15) is 0 Å². The smallest absolute Gasteiger partial charge is 0.336 e. The number of nitrogens with zero attached hydrogens (tertiary/aromatic N) is 1. The summed E-state index contributed by atoms with van der Waals surface area (Å²) in [5.74, 6) is -1.27. The van der Waals surface area contributed by atoms with Gasteiger partial charge in [0.25, 0.3) is 0 Å². The Morgan fingerprint density at radius 1 is 1.36 bits per heavy atom. The van der Waals surface area contributed by atoms with Crippen LogP contribution in [-0.4, -0.2) is 57.5 Å². The average Bonchev–Trinajstić information content (AvgIpc) is 2.03. The maximum absolute atomic E-state index is 10.6. The molecule has 0 aromatic rings. The van der Waals surface area contributed by atoms with E-state index in [1.54, 1.807) is 25.8 Å². The molecule has 0 amide bonds. The molecule has 0 saturated carbocycles. The molecule has 1 unspecified atom stereocenters. The number of hydrogen-bond acceptors (Lipinski definition) is 4. The molecule has 3 N–H and O–H groups in total. The number of hydrogen-bond donors (Lipinski definition) is 3. The van der Waals surface area contributed by atoms with Crippen LogP contribution in [0.4, 0.5) is 0 Å². The van der Waals surface area contributed by atoms with Gasteiger partial charge in [0, 0.05) is 12.1 Å². The highest BCUT2D eigenvalue weighted by Gasteiger charge is 2.35. The predicted octanol–water partition coefficient (Wildman–Crippen LogP) is -0.475. The van der Waals surface area contributed by atoms with E-state index in [4.69, 9.17) is 10.2 Å². The van der Waals surface area contributed by atoms with Gasteiger partial charge in [0.15, 0.2) is 5.60 Å². The summed E-state index contributed by atoms with van der Waals surface area (Å²) in [7, 11) is 1.66. The number of carboxylic acid groups (broad SMARTS) is 1. The lowest BCUT2D eigenvalue weighted by Crippen LogP contribution is -2.53. The van der Waals surface area contributed by atoms with Gasteiger partial charge in [0.2, 0.25) is 0 Å². The first-order valence-corrected chi connectivity index (χ1v) is 4.41. The van der Waals surface area contributed by atoms with Crippen LogP contribution in [-0.2, 0) is 4.79 Å². The monoisotopic (exact) mass is 205 g/mol. The maximum atomic E-state index is 10.6. The third-order valence-electron chi connectivity index (χ3n) is 2.43. The molecule has 0 heterocycles. The van der Waals surface area contributed by atoms with E-state index in [1.165, 1.54) is 6.92 Å². The summed E-state index contributed by atoms with van der Waals surface area (Å²) >= 11 is 0. The van der Waals surface area contributed by atoms with E-state index in [0.29, 0.717) is 0 Å². The molecule has 0 saturated heterocycles. The van der Waals surface area contributed by atoms with Crippen molar-refractivity contribution in [3.63, 3.8) is 0 Å². The van der Waals surface area contributed by atoms with E-state index < -0.39 is 17.1 Å². The largest absolute Gasteiger partial charge is 0.479 e. The summed E-state index contributed by atoms with van der Waals surface area (Å²) in [6, 6.07) is 0. The lowest BCUT2D eigenvalue weighted by molar-refractivity contribution is -0.159. The summed E-state index contributed by atoms with van der Waals surface area (Å²) < 4.78 is 0. The highest BCUT2D eigenvalue weighted by Crippen LogP contribution is 2.15. The van der Waals surface area contributed by atoms with Gasteiger partial charge in [-0.1, -0.05) is 0 Å². The summed E-state index contributed by atoms with van der Waals surface area (Å²) in [4.78, 5) is 12.2. The van der Waals surface area contributed by atoms with Gasteiger partial charge in [-0.3, -0.25) is 4.90 Å². The Kier molecular flexibility index (Phi) is 4.05. The van der Waals surface area contributed by atoms with Crippen LogP contribution in [0.2, 0.25) is 0 Å². The minimum atomic E-state index is -1.79. The molecule has 0 aliphatic heterocycles. The standard InChI is InChI=1S/C9H19NO4/c1-8(2,6-11)10(4)5-9(3,14)7(12)13/h11,14H,5-6H2,1-4H3,(H,12,13). The van der Waals surface area contributed by atoms with Crippen LogP contribution in [0.15, 0.2) is 0 Å². The van der Waals surface area contributed by atoms with Gasteiger partial charge < -0.3 is 15.3 Å². The zero-order valence-corrected chi connectivity index (χ0v) is 9.11. The van der Waals surface area contributed by atoms with Gasteiger partial charge in [-0.05, 0) is 27.8 Å². The molecule has 0 aromatic carbocycles. The molecule has 0 radical (unpaired) electrons. The molecule has 14 heavy (non-hydrogen) atoms. The third kappa shape index (κ3) is 3.25. The second-order valence-corrected chi connectivity index (χ2v) is 4.41. The van der Waals surface area contributed by atoms with Crippen molar-refractivity contribution in [1.29, 1.82) is 0 Å². The first-order valence-electron chi connectivity index (χ1n) is 4.41. The van der Waals surface area contributed by atoms with Crippen LogP contribution in [0, 0.1) is 0 Å². The fourth-order valence-corrected chi connectivity index (χ4v) is 0.864. The van der Waals surface area contributed by atoms with Crippen LogP contribution in [0.1, 0.15) is 20.8 Å². The Morgan fingerprint density at radius 3 is 2.07 bits per heavy atom. The Hall–Kier alpha value is -0.650. The van der Waals surface area contributed by atoms with Crippen LogP contribution in [0.5, 0.6) is 0 Å². The van der Waals surface area contributed by atoms with Crippen molar-refractivity contribution >= 4 is 5.97 Å². The summed E-state index contributed by atoms with van der Waals surface area (Å²) in [5.41, 5.74) is -2.33. The van der Waals surface area contributed by atoms with E-state index in [9.17, 15) is 9.90 Å². The van der Waals surface area contributed by atoms with Crippen molar-refractivity contribution in [1.82, 2.24) is 4.90 Å². The molecule has 5 nitrogen and oxygen atoms in total. The van der Waals surface area contributed by atoms with Crippen molar-refractivity contribution < 1.29 is 20.1 Å². The first-order chi connectivity index (χ1) is 6.13. The Morgan fingerprint density at radius 2 is 1.79 bits per heavy atom. The zero-order valence-electron chi connectivity index (χ0n) is 9.11. The normalized spacial score (nSPS) is 16.8. The number of aliphatic hydroxyl groups excluding tert-OH is 1. The lowest BCUT2D eigenvalue weighted by Gasteiger charge is -2.37. The topological polar surface area (TPSA) is 81.0 Å². The van der Waals surface area contributed by atoms with E-state index >= 15 is 0 Å². The van der Waals surface area contributed by atoms with Crippen molar-refractivity contribution in [3.05, 3.63) is 0 Å². The van der Waals surface area contributed by atoms with Gasteiger partial charge >= 0.3 is 5.97 Å². The minimum Gasteiger partial charge on any atom is -0.479 e. The third-order valence-corrected chi connectivity index (χ3v) is 2.43. The molecule has 5 heteroatoms. The van der Waals surface area contributed by atoms with Gasteiger partial charge in [-0.2, -0.15) is 0 Å². The number of carbonyl (C=O) groups is 1. The predicted molar refractivity (Wildman–Crippen MR) is 52.1 cm³/mol. The number of aliphatic carboxylic acids is 1. The van der Waals surface area contributed by atoms with E-state index in [0.717, 1.165) is 0 Å². The lowest BCUT2D eigenvalue weighted by atomic mass is 10.0. The number of carboxylic acids is 1. The van der Waals surface area contributed by atoms with Crippen molar-refractivity contribution in [2.75, 3.05) is 20.2 Å². The number of likely N-dealkylation sites (N-methyl/N-ethyl adjacent to an activating group) is 1. The zero-order chi connectivity index (χ0) is 11.6. The molecule has 0 aliphatic rings. The van der Waals surface area contributed by atoms with E-state index in [-0.39, 0.29) is 13.2 Å². The van der Waals surface area contributed by atoms with Crippen molar-refractivity contribution in [3.8, 4) is 0 Å². The van der Waals surface area contributed by atoms with Gasteiger partial charge in [-0.15, -0.1) is 0 Å². The summed E-state index contributed by atoms with van der Waals surface area (Å²) in [6.45, 7) is 4.64. The molecule has 0 rings (SSSR count). The van der Waals surface area contributed by atoms with E-state index in [1.807, 2.05) is 0 Å². The Bertz CT molecular complexity index is 213. The van der Waals surface area contributed by atoms with Crippen molar-refractivity contribution in [2.45, 2.75) is 31.9 Å². The second-order valence-electron chi connectivity index (χ2n) is 4.41. The highest BCUT2D eigenvalue weighted by molar-refractivity contribution is 5.76. The number of β-amino-alcohol motifs (C(OH)–C–C–N with tert-alkyl or cyclic N) is 1. The van der Waals surface area contributed by atoms with Crippen LogP contribution >= 0.6 is 0 Å². The molecule has 0 spiro atoms. The fraction of sp³-hybridized carbons (Fsp3) is 0.889. The molecular formula is C9H19NO4. The SMILES string of the molecule is CN(CC(C)(O)C(=O)O)C(C)(C)CO. The molecule has 0 aliphatic carbocycles. The second kappa shape index (κ2) is 4.25. The summed E-state index contributed by atoms with van der Waals surface area (Å²) in [6.07, 6.45) is 0. The van der Waals surface area contributed by atoms with Crippen LogP contribution in [0.3, 0.4) is 0 Å². The van der Waals surface area contributed by atoms with Crippen LogP contribution < -0.4 is 0 Å². The average molecular weight is 205 g/mol. The van der Waals surface area contributed by atoms with Crippen LogP contribution in [0.25, 0.3) is 0 Å². The number of rotatable bonds is 5.